The Morgan fingerprint density at radius 3 is 2.43 bits per heavy atom. The second kappa shape index (κ2) is 10.1. The van der Waals surface area contributed by atoms with Gasteiger partial charge in [-0.15, -0.1) is 0 Å². The van der Waals surface area contributed by atoms with E-state index in [1.165, 1.54) is 69.5 Å². The van der Waals surface area contributed by atoms with Crippen molar-refractivity contribution in [3.63, 3.8) is 0 Å². The van der Waals surface area contributed by atoms with Crippen LogP contribution in [0.15, 0.2) is 10.6 Å². The maximum atomic E-state index is 6.84. The Kier molecular flexibility index (Phi) is 8.93. The number of allylic oxidation sites excluding steroid dienone is 1. The van der Waals surface area contributed by atoms with Crippen LogP contribution in [0, 0.1) is 23.2 Å². The van der Waals surface area contributed by atoms with Gasteiger partial charge in [0.05, 0.1) is 5.60 Å². The smallest absolute Gasteiger partial charge is 0.192 e. The molecule has 2 rings (SSSR count). The van der Waals surface area contributed by atoms with E-state index in [1.807, 2.05) is 0 Å². The highest BCUT2D eigenvalue weighted by Crippen LogP contribution is 2.60. The lowest BCUT2D eigenvalue weighted by atomic mass is 9.61. The van der Waals surface area contributed by atoms with Gasteiger partial charge in [0.25, 0.3) is 0 Å². The van der Waals surface area contributed by atoms with Crippen molar-refractivity contribution in [2.75, 3.05) is 0 Å². The Bertz CT molecular complexity index is 516. The second-order valence-corrected chi connectivity index (χ2v) is 15.9. The van der Waals surface area contributed by atoms with Crippen LogP contribution in [0.4, 0.5) is 0 Å². The van der Waals surface area contributed by atoms with Crippen LogP contribution in [0.25, 0.3) is 0 Å². The molecule has 0 aromatic carbocycles. The molecule has 2 aliphatic rings. The molecule has 164 valence electrons. The first kappa shape index (κ1) is 24.7. The normalized spacial score (nSPS) is 31.2. The molecule has 3 heteroatoms. The van der Waals surface area contributed by atoms with Crippen LogP contribution in [0.5, 0.6) is 0 Å². The number of hydrogen-bond acceptors (Lipinski definition) is 1. The molecule has 0 aromatic rings. The van der Waals surface area contributed by atoms with Crippen molar-refractivity contribution >= 4 is 24.2 Å². The summed E-state index contributed by atoms with van der Waals surface area (Å²) in [6, 6.07) is 3.77. The third-order valence-corrected chi connectivity index (χ3v) is 14.2. The molecule has 0 radical (unpaired) electrons. The lowest BCUT2D eigenvalue weighted by molar-refractivity contribution is 0.0705. The third-order valence-electron chi connectivity index (χ3n) is 8.73. The van der Waals surface area contributed by atoms with E-state index in [1.54, 1.807) is 5.57 Å². The van der Waals surface area contributed by atoms with E-state index in [4.69, 9.17) is 4.43 Å². The van der Waals surface area contributed by atoms with Gasteiger partial charge in [-0.1, -0.05) is 69.0 Å². The average Bonchev–Trinajstić information content (AvgIpc) is 3.03. The van der Waals surface area contributed by atoms with Crippen molar-refractivity contribution < 1.29 is 4.43 Å². The highest BCUT2D eigenvalue weighted by Gasteiger charge is 2.50. The zero-order valence-electron chi connectivity index (χ0n) is 19.9. The van der Waals surface area contributed by atoms with Crippen molar-refractivity contribution in [2.24, 2.45) is 23.2 Å². The highest BCUT2D eigenvalue weighted by molar-refractivity contribution is 9.11. The summed E-state index contributed by atoms with van der Waals surface area (Å²) in [5, 5.41) is 0. The van der Waals surface area contributed by atoms with Crippen LogP contribution in [0.2, 0.25) is 18.1 Å². The highest BCUT2D eigenvalue weighted by atomic mass is 79.9. The molecule has 0 heterocycles. The molecule has 0 amide bonds. The Morgan fingerprint density at radius 2 is 1.86 bits per heavy atom. The standard InChI is InChI=1S/C25H47BrOSi/c1-8-28(9-2,10-3)27-24(5,6)17-11-13-20(4)22-15-16-23-21(19-26)14-12-18-25(22,23)7/h19-20,22-23H,8-18H2,1-7H3/b21-19-/t20-,22-,23+,25-/m1/s1. The third kappa shape index (κ3) is 5.35. The first-order chi connectivity index (χ1) is 13.2. The molecule has 28 heavy (non-hydrogen) atoms. The number of hydrogen-bond donors (Lipinski definition) is 0. The van der Waals surface area contributed by atoms with E-state index in [2.05, 4.69) is 69.4 Å². The van der Waals surface area contributed by atoms with E-state index in [9.17, 15) is 0 Å². The Labute approximate surface area is 185 Å². The minimum absolute atomic E-state index is 0.0484. The summed E-state index contributed by atoms with van der Waals surface area (Å²) >= 11 is 3.66. The van der Waals surface area contributed by atoms with Gasteiger partial charge in [0, 0.05) is 0 Å². The zero-order valence-corrected chi connectivity index (χ0v) is 22.5. The number of halogens is 1. The Morgan fingerprint density at radius 1 is 1.21 bits per heavy atom. The van der Waals surface area contributed by atoms with Gasteiger partial charge < -0.3 is 4.43 Å². The lowest BCUT2D eigenvalue weighted by Crippen LogP contribution is -2.44. The van der Waals surface area contributed by atoms with Gasteiger partial charge in [-0.2, -0.15) is 0 Å². The molecule has 2 saturated carbocycles. The van der Waals surface area contributed by atoms with Crippen LogP contribution >= 0.6 is 15.9 Å². The molecule has 2 fully saturated rings. The van der Waals surface area contributed by atoms with E-state index < -0.39 is 8.32 Å². The second-order valence-electron chi connectivity index (χ2n) is 10.8. The fourth-order valence-corrected chi connectivity index (χ4v) is 10.6. The summed E-state index contributed by atoms with van der Waals surface area (Å²) in [5.41, 5.74) is 2.28. The van der Waals surface area contributed by atoms with Crippen molar-refractivity contribution in [2.45, 2.75) is 124 Å². The fourth-order valence-electron chi connectivity index (χ4n) is 6.80. The van der Waals surface area contributed by atoms with E-state index in [0.29, 0.717) is 5.41 Å². The maximum absolute atomic E-state index is 6.84. The first-order valence-electron chi connectivity index (χ1n) is 12.2. The maximum Gasteiger partial charge on any atom is 0.192 e. The Balaban J connectivity index is 1.91. The molecule has 0 unspecified atom stereocenters. The molecule has 1 nitrogen and oxygen atoms in total. The van der Waals surface area contributed by atoms with Crippen LogP contribution in [-0.2, 0) is 4.43 Å². The van der Waals surface area contributed by atoms with Crippen LogP contribution in [0.1, 0.15) is 99.8 Å². The first-order valence-corrected chi connectivity index (χ1v) is 15.6. The van der Waals surface area contributed by atoms with Crippen LogP contribution in [0.3, 0.4) is 0 Å². The lowest BCUT2D eigenvalue weighted by Gasteiger charge is -2.44. The molecule has 0 bridgehead atoms. The fraction of sp³-hybridized carbons (Fsp3) is 0.920. The van der Waals surface area contributed by atoms with Crippen molar-refractivity contribution in [3.05, 3.63) is 10.6 Å². The summed E-state index contributed by atoms with van der Waals surface area (Å²) in [5.74, 6) is 2.57. The van der Waals surface area contributed by atoms with Gasteiger partial charge in [0.1, 0.15) is 0 Å². The predicted molar refractivity (Wildman–Crippen MR) is 131 cm³/mol. The van der Waals surface area contributed by atoms with Crippen molar-refractivity contribution in [1.82, 2.24) is 0 Å². The van der Waals surface area contributed by atoms with Crippen LogP contribution < -0.4 is 0 Å². The topological polar surface area (TPSA) is 9.23 Å². The zero-order chi connectivity index (χ0) is 21.0. The van der Waals surface area contributed by atoms with E-state index in [0.717, 1.165) is 17.8 Å². The molecule has 4 atom stereocenters. The van der Waals surface area contributed by atoms with Gasteiger partial charge >= 0.3 is 0 Å². The number of fused-ring (bicyclic) bond motifs is 1. The minimum Gasteiger partial charge on any atom is -0.412 e. The van der Waals surface area contributed by atoms with Gasteiger partial charge in [0.2, 0.25) is 0 Å². The van der Waals surface area contributed by atoms with E-state index in [-0.39, 0.29) is 5.60 Å². The van der Waals surface area contributed by atoms with Gasteiger partial charge in [-0.05, 0) is 98.7 Å². The quantitative estimate of drug-likeness (QED) is 0.289. The summed E-state index contributed by atoms with van der Waals surface area (Å²) < 4.78 is 6.84. The predicted octanol–water partition coefficient (Wildman–Crippen LogP) is 9.09. The monoisotopic (exact) mass is 470 g/mol. The van der Waals surface area contributed by atoms with Gasteiger partial charge in [-0.25, -0.2) is 0 Å². The van der Waals surface area contributed by atoms with Crippen molar-refractivity contribution in [1.29, 1.82) is 0 Å². The molecule has 0 aliphatic heterocycles. The van der Waals surface area contributed by atoms with Crippen molar-refractivity contribution in [3.8, 4) is 0 Å². The number of rotatable bonds is 10. The molecule has 2 aliphatic carbocycles. The largest absolute Gasteiger partial charge is 0.412 e. The molecular weight excluding hydrogens is 424 g/mol. The minimum atomic E-state index is -1.51. The summed E-state index contributed by atoms with van der Waals surface area (Å²) in [4.78, 5) is 2.26. The van der Waals surface area contributed by atoms with E-state index >= 15 is 0 Å². The SMILES string of the molecule is CC[Si](CC)(CC)OC(C)(C)CCC[C@@H](C)[C@H]1CC[C@H]2/C(=C\Br)CCC[C@]12C. The average molecular weight is 472 g/mol. The molecule has 0 spiro atoms. The summed E-state index contributed by atoms with van der Waals surface area (Å²) in [6.07, 6.45) is 10.9. The molecular formula is C25H47BrOSi. The van der Waals surface area contributed by atoms with Gasteiger partial charge in [-0.3, -0.25) is 0 Å². The summed E-state index contributed by atoms with van der Waals surface area (Å²) in [7, 11) is -1.51. The summed E-state index contributed by atoms with van der Waals surface area (Å²) in [6.45, 7) is 16.9. The molecule has 0 saturated heterocycles. The van der Waals surface area contributed by atoms with Gasteiger partial charge in [0.15, 0.2) is 8.32 Å². The molecule has 0 aromatic heterocycles. The van der Waals surface area contributed by atoms with Crippen LogP contribution in [-0.4, -0.2) is 13.9 Å². The molecule has 0 N–H and O–H groups in total. The Hall–Kier alpha value is 0.397.